The monoisotopic (exact) mass is 432 g/mol. The van der Waals surface area contributed by atoms with Gasteiger partial charge in [0.2, 0.25) is 5.91 Å². The highest BCUT2D eigenvalue weighted by molar-refractivity contribution is 5.96. The Balaban J connectivity index is 1.48. The van der Waals surface area contributed by atoms with Crippen molar-refractivity contribution in [1.29, 1.82) is 0 Å². The SMILES string of the molecule is COc1ccc(-c2ccc(C(=O)NC(C)c3cccc(N4CCCC4=O)c3)c(F)c2)cc1. The summed E-state index contributed by atoms with van der Waals surface area (Å²) < 4.78 is 19.9. The molecule has 0 spiro atoms. The summed E-state index contributed by atoms with van der Waals surface area (Å²) in [6.07, 6.45) is 1.41. The summed E-state index contributed by atoms with van der Waals surface area (Å²) in [5, 5.41) is 2.86. The lowest BCUT2D eigenvalue weighted by atomic mass is 10.0. The summed E-state index contributed by atoms with van der Waals surface area (Å²) in [6.45, 7) is 2.54. The lowest BCUT2D eigenvalue weighted by Crippen LogP contribution is -2.28. The van der Waals surface area contributed by atoms with Crippen LogP contribution in [-0.2, 0) is 4.79 Å². The third kappa shape index (κ3) is 4.49. The highest BCUT2D eigenvalue weighted by Crippen LogP contribution is 2.26. The van der Waals surface area contributed by atoms with Crippen LogP contribution in [0.25, 0.3) is 11.1 Å². The Morgan fingerprint density at radius 1 is 1.06 bits per heavy atom. The molecule has 0 saturated carbocycles. The molecule has 6 heteroatoms. The quantitative estimate of drug-likeness (QED) is 0.588. The normalized spacial score (nSPS) is 14.3. The van der Waals surface area contributed by atoms with Gasteiger partial charge >= 0.3 is 0 Å². The number of hydrogen-bond donors (Lipinski definition) is 1. The zero-order valence-electron chi connectivity index (χ0n) is 18.1. The van der Waals surface area contributed by atoms with E-state index in [1.807, 2.05) is 43.3 Å². The first-order chi connectivity index (χ1) is 15.5. The maximum Gasteiger partial charge on any atom is 0.254 e. The average molecular weight is 432 g/mol. The van der Waals surface area contributed by atoms with Gasteiger partial charge in [0.15, 0.2) is 0 Å². The van der Waals surface area contributed by atoms with Crippen LogP contribution in [0, 0.1) is 5.82 Å². The first kappa shape index (κ1) is 21.6. The zero-order valence-corrected chi connectivity index (χ0v) is 18.1. The second-order valence-corrected chi connectivity index (χ2v) is 7.86. The maximum absolute atomic E-state index is 14.8. The summed E-state index contributed by atoms with van der Waals surface area (Å²) in [5.74, 6) is -0.242. The molecule has 0 aliphatic carbocycles. The Kier molecular flexibility index (Phi) is 6.21. The van der Waals surface area contributed by atoms with Gasteiger partial charge in [-0.05, 0) is 66.4 Å². The van der Waals surface area contributed by atoms with E-state index < -0.39 is 11.7 Å². The van der Waals surface area contributed by atoms with Crippen molar-refractivity contribution < 1.29 is 18.7 Å². The van der Waals surface area contributed by atoms with Gasteiger partial charge in [0.1, 0.15) is 11.6 Å². The van der Waals surface area contributed by atoms with Gasteiger partial charge in [-0.1, -0.05) is 30.3 Å². The zero-order chi connectivity index (χ0) is 22.7. The van der Waals surface area contributed by atoms with Crippen molar-refractivity contribution >= 4 is 17.5 Å². The number of ether oxygens (including phenoxy) is 1. The molecule has 164 valence electrons. The molecule has 2 amide bonds. The minimum absolute atomic E-state index is 0.0139. The van der Waals surface area contributed by atoms with Crippen molar-refractivity contribution in [2.75, 3.05) is 18.6 Å². The number of anilines is 1. The molecule has 0 radical (unpaired) electrons. The van der Waals surface area contributed by atoms with E-state index in [0.29, 0.717) is 18.5 Å². The number of amides is 2. The maximum atomic E-state index is 14.8. The minimum Gasteiger partial charge on any atom is -0.497 e. The van der Waals surface area contributed by atoms with Crippen LogP contribution in [0.3, 0.4) is 0 Å². The van der Waals surface area contributed by atoms with E-state index in [9.17, 15) is 14.0 Å². The number of carbonyl (C=O) groups is 2. The van der Waals surface area contributed by atoms with Crippen LogP contribution in [-0.4, -0.2) is 25.5 Å². The predicted molar refractivity (Wildman–Crippen MR) is 122 cm³/mol. The standard InChI is InChI=1S/C26H25FN2O3/c1-17(19-5-3-6-21(15-19)29-14-4-7-25(29)30)28-26(31)23-13-10-20(16-24(23)27)18-8-11-22(32-2)12-9-18/h3,5-6,8-13,15-17H,4,7,14H2,1-2H3,(H,28,31). The van der Waals surface area contributed by atoms with E-state index in [-0.39, 0.29) is 17.5 Å². The van der Waals surface area contributed by atoms with E-state index in [2.05, 4.69) is 5.32 Å². The van der Waals surface area contributed by atoms with Crippen LogP contribution >= 0.6 is 0 Å². The molecule has 1 N–H and O–H groups in total. The van der Waals surface area contributed by atoms with Crippen LogP contribution < -0.4 is 15.0 Å². The molecule has 1 atom stereocenters. The van der Waals surface area contributed by atoms with Crippen molar-refractivity contribution in [3.8, 4) is 16.9 Å². The van der Waals surface area contributed by atoms with Gasteiger partial charge < -0.3 is 15.0 Å². The minimum atomic E-state index is -0.584. The average Bonchev–Trinajstić information content (AvgIpc) is 3.25. The first-order valence-corrected chi connectivity index (χ1v) is 10.6. The second-order valence-electron chi connectivity index (χ2n) is 7.86. The van der Waals surface area contributed by atoms with E-state index in [4.69, 9.17) is 4.74 Å². The fourth-order valence-electron chi connectivity index (χ4n) is 3.90. The third-order valence-electron chi connectivity index (χ3n) is 5.74. The van der Waals surface area contributed by atoms with Crippen molar-refractivity contribution in [2.24, 2.45) is 0 Å². The van der Waals surface area contributed by atoms with Gasteiger partial charge in [0.05, 0.1) is 18.7 Å². The van der Waals surface area contributed by atoms with Crippen LogP contribution in [0.2, 0.25) is 0 Å². The summed E-state index contributed by atoms with van der Waals surface area (Å²) >= 11 is 0. The molecule has 1 aliphatic rings. The summed E-state index contributed by atoms with van der Waals surface area (Å²) in [5.41, 5.74) is 3.17. The molecule has 4 rings (SSSR count). The van der Waals surface area contributed by atoms with Gasteiger partial charge in [-0.25, -0.2) is 4.39 Å². The molecule has 5 nitrogen and oxygen atoms in total. The Bertz CT molecular complexity index is 1140. The van der Waals surface area contributed by atoms with E-state index in [1.165, 1.54) is 12.1 Å². The lowest BCUT2D eigenvalue weighted by molar-refractivity contribution is -0.117. The molecular weight excluding hydrogens is 407 g/mol. The van der Waals surface area contributed by atoms with Crippen molar-refractivity contribution in [3.63, 3.8) is 0 Å². The predicted octanol–water partition coefficient (Wildman–Crippen LogP) is 5.12. The number of nitrogens with one attached hydrogen (secondary N) is 1. The fraction of sp³-hybridized carbons (Fsp3) is 0.231. The number of benzene rings is 3. The molecule has 1 saturated heterocycles. The number of nitrogens with zero attached hydrogens (tertiary/aromatic N) is 1. The number of rotatable bonds is 6. The van der Waals surface area contributed by atoms with Gasteiger partial charge in [-0.15, -0.1) is 0 Å². The van der Waals surface area contributed by atoms with Crippen molar-refractivity contribution in [1.82, 2.24) is 5.32 Å². The molecule has 1 aliphatic heterocycles. The highest BCUT2D eigenvalue weighted by atomic mass is 19.1. The molecule has 0 aromatic heterocycles. The number of halogens is 1. The highest BCUT2D eigenvalue weighted by Gasteiger charge is 2.22. The van der Waals surface area contributed by atoms with Crippen LogP contribution in [0.5, 0.6) is 5.75 Å². The lowest BCUT2D eigenvalue weighted by Gasteiger charge is -2.20. The van der Waals surface area contributed by atoms with Gasteiger partial charge in [0, 0.05) is 18.7 Å². The Morgan fingerprint density at radius 3 is 2.47 bits per heavy atom. The van der Waals surface area contributed by atoms with Gasteiger partial charge in [-0.3, -0.25) is 9.59 Å². The molecule has 1 unspecified atom stereocenters. The van der Waals surface area contributed by atoms with Crippen molar-refractivity contribution in [2.45, 2.75) is 25.8 Å². The van der Waals surface area contributed by atoms with Crippen molar-refractivity contribution in [3.05, 3.63) is 83.7 Å². The topological polar surface area (TPSA) is 58.6 Å². The van der Waals surface area contributed by atoms with Crippen LogP contribution in [0.4, 0.5) is 10.1 Å². The van der Waals surface area contributed by atoms with Gasteiger partial charge in [0.25, 0.3) is 5.91 Å². The molecule has 0 bridgehead atoms. The molecule has 32 heavy (non-hydrogen) atoms. The molecule has 3 aromatic carbocycles. The Morgan fingerprint density at radius 2 is 1.81 bits per heavy atom. The summed E-state index contributed by atoms with van der Waals surface area (Å²) in [6, 6.07) is 19.1. The van der Waals surface area contributed by atoms with Gasteiger partial charge in [-0.2, -0.15) is 0 Å². The van der Waals surface area contributed by atoms with E-state index in [1.54, 1.807) is 30.2 Å². The number of hydrogen-bond acceptors (Lipinski definition) is 3. The molecule has 3 aromatic rings. The summed E-state index contributed by atoms with van der Waals surface area (Å²) in [4.78, 5) is 26.5. The van der Waals surface area contributed by atoms with Crippen LogP contribution in [0.1, 0.15) is 41.7 Å². The smallest absolute Gasteiger partial charge is 0.254 e. The van der Waals surface area contributed by atoms with E-state index >= 15 is 0 Å². The number of carbonyl (C=O) groups excluding carboxylic acids is 2. The second kappa shape index (κ2) is 9.22. The number of methoxy groups -OCH3 is 1. The molecule has 1 heterocycles. The molecule has 1 fully saturated rings. The Hall–Kier alpha value is -3.67. The molecular formula is C26H25FN2O3. The largest absolute Gasteiger partial charge is 0.497 e. The van der Waals surface area contributed by atoms with Crippen LogP contribution in [0.15, 0.2) is 66.7 Å². The first-order valence-electron chi connectivity index (χ1n) is 10.6. The summed E-state index contributed by atoms with van der Waals surface area (Å²) in [7, 11) is 1.59. The fourth-order valence-corrected chi connectivity index (χ4v) is 3.90. The van der Waals surface area contributed by atoms with E-state index in [0.717, 1.165) is 29.0 Å². The Labute approximate surface area is 186 Å². The third-order valence-corrected chi connectivity index (χ3v) is 5.74.